The first-order valence-electron chi connectivity index (χ1n) is 5.45. The van der Waals surface area contributed by atoms with Gasteiger partial charge in [-0.15, -0.1) is 0 Å². The van der Waals surface area contributed by atoms with Gasteiger partial charge in [-0.05, 0) is 19.3 Å². The van der Waals surface area contributed by atoms with Crippen molar-refractivity contribution in [3.8, 4) is 0 Å². The van der Waals surface area contributed by atoms with E-state index in [1.165, 1.54) is 18.7 Å². The van der Waals surface area contributed by atoms with Gasteiger partial charge in [0.25, 0.3) is 0 Å². The predicted octanol–water partition coefficient (Wildman–Crippen LogP) is 1.87. The van der Waals surface area contributed by atoms with Crippen LogP contribution in [0.1, 0.15) is 38.4 Å². The highest BCUT2D eigenvalue weighted by atomic mass is 15.0. The fourth-order valence-electron chi connectivity index (χ4n) is 1.53. The van der Waals surface area contributed by atoms with Crippen LogP contribution >= 0.6 is 0 Å². The lowest BCUT2D eigenvalue weighted by Crippen LogP contribution is -2.18. The Labute approximate surface area is 86.3 Å². The van der Waals surface area contributed by atoms with Crippen LogP contribution in [0.2, 0.25) is 0 Å². The average molecular weight is 195 g/mol. The molecule has 1 rings (SSSR count). The molecule has 1 unspecified atom stereocenters. The SMILES string of the molecule is CCC(N)CCCCc1nccn1C. The molecule has 1 aromatic heterocycles. The third-order valence-corrected chi connectivity index (χ3v) is 2.67. The summed E-state index contributed by atoms with van der Waals surface area (Å²) in [5, 5.41) is 0. The van der Waals surface area contributed by atoms with Gasteiger partial charge in [0.05, 0.1) is 0 Å². The Kier molecular flexibility index (Phi) is 4.66. The summed E-state index contributed by atoms with van der Waals surface area (Å²) in [6.45, 7) is 2.14. The predicted molar refractivity (Wildman–Crippen MR) is 59.0 cm³/mol. The largest absolute Gasteiger partial charge is 0.338 e. The van der Waals surface area contributed by atoms with E-state index < -0.39 is 0 Å². The van der Waals surface area contributed by atoms with E-state index in [4.69, 9.17) is 5.73 Å². The third kappa shape index (κ3) is 3.50. The number of hydrogen-bond acceptors (Lipinski definition) is 2. The Bertz CT molecular complexity index is 255. The zero-order valence-corrected chi connectivity index (χ0v) is 9.24. The van der Waals surface area contributed by atoms with E-state index in [1.807, 2.05) is 19.4 Å². The van der Waals surface area contributed by atoms with Crippen molar-refractivity contribution in [3.05, 3.63) is 18.2 Å². The van der Waals surface area contributed by atoms with E-state index in [0.29, 0.717) is 6.04 Å². The van der Waals surface area contributed by atoms with Gasteiger partial charge in [0, 0.05) is 31.9 Å². The number of nitrogens with zero attached hydrogens (tertiary/aromatic N) is 2. The van der Waals surface area contributed by atoms with Crippen LogP contribution in [0.15, 0.2) is 12.4 Å². The second kappa shape index (κ2) is 5.81. The van der Waals surface area contributed by atoms with Crippen LogP contribution < -0.4 is 5.73 Å². The second-order valence-electron chi connectivity index (χ2n) is 3.87. The summed E-state index contributed by atoms with van der Waals surface area (Å²) in [5.74, 6) is 1.18. The van der Waals surface area contributed by atoms with E-state index in [0.717, 1.165) is 19.3 Å². The standard InChI is InChI=1S/C11H21N3/c1-3-10(12)6-4-5-7-11-13-8-9-14(11)2/h8-10H,3-7,12H2,1-2H3. The van der Waals surface area contributed by atoms with E-state index in [9.17, 15) is 0 Å². The first kappa shape index (κ1) is 11.2. The van der Waals surface area contributed by atoms with Crippen LogP contribution in [0.4, 0.5) is 0 Å². The van der Waals surface area contributed by atoms with Crippen molar-refractivity contribution >= 4 is 0 Å². The molecule has 0 fully saturated rings. The highest BCUT2D eigenvalue weighted by Gasteiger charge is 2.01. The third-order valence-electron chi connectivity index (χ3n) is 2.67. The molecule has 1 heterocycles. The molecule has 1 aromatic rings. The molecule has 0 aromatic carbocycles. The maximum absolute atomic E-state index is 5.84. The van der Waals surface area contributed by atoms with E-state index in [2.05, 4.69) is 16.5 Å². The fourth-order valence-corrected chi connectivity index (χ4v) is 1.53. The van der Waals surface area contributed by atoms with Gasteiger partial charge in [-0.2, -0.15) is 0 Å². The lowest BCUT2D eigenvalue weighted by Gasteiger charge is -2.07. The smallest absolute Gasteiger partial charge is 0.108 e. The summed E-state index contributed by atoms with van der Waals surface area (Å²) >= 11 is 0. The molecule has 0 radical (unpaired) electrons. The highest BCUT2D eigenvalue weighted by molar-refractivity contribution is 4.90. The van der Waals surface area contributed by atoms with Crippen LogP contribution in [0, 0.1) is 0 Å². The number of nitrogens with two attached hydrogens (primary N) is 1. The summed E-state index contributed by atoms with van der Waals surface area (Å²) in [6.07, 6.45) is 9.55. The van der Waals surface area contributed by atoms with Gasteiger partial charge in [0.2, 0.25) is 0 Å². The molecular weight excluding hydrogens is 174 g/mol. The monoisotopic (exact) mass is 195 g/mol. The normalized spacial score (nSPS) is 13.1. The second-order valence-corrected chi connectivity index (χ2v) is 3.87. The van der Waals surface area contributed by atoms with Crippen molar-refractivity contribution in [2.45, 2.75) is 45.1 Å². The van der Waals surface area contributed by atoms with E-state index >= 15 is 0 Å². The summed E-state index contributed by atoms with van der Waals surface area (Å²) in [5.41, 5.74) is 5.84. The first-order valence-corrected chi connectivity index (χ1v) is 5.45. The van der Waals surface area contributed by atoms with Gasteiger partial charge in [-0.3, -0.25) is 0 Å². The average Bonchev–Trinajstić information content (AvgIpc) is 2.58. The Morgan fingerprint density at radius 1 is 1.50 bits per heavy atom. The van der Waals surface area contributed by atoms with Gasteiger partial charge >= 0.3 is 0 Å². The molecule has 0 aliphatic carbocycles. The fraction of sp³-hybridized carbons (Fsp3) is 0.727. The number of imidazole rings is 1. The van der Waals surface area contributed by atoms with Crippen LogP contribution in [0.25, 0.3) is 0 Å². The topological polar surface area (TPSA) is 43.8 Å². The maximum atomic E-state index is 5.84. The minimum atomic E-state index is 0.386. The van der Waals surface area contributed by atoms with Crippen molar-refractivity contribution in [1.82, 2.24) is 9.55 Å². The molecule has 2 N–H and O–H groups in total. The minimum Gasteiger partial charge on any atom is -0.338 e. The molecule has 80 valence electrons. The first-order chi connectivity index (χ1) is 6.74. The molecule has 0 saturated heterocycles. The number of aryl methyl sites for hydroxylation is 2. The summed E-state index contributed by atoms with van der Waals surface area (Å²) in [7, 11) is 2.04. The van der Waals surface area contributed by atoms with Crippen molar-refractivity contribution in [3.63, 3.8) is 0 Å². The molecular formula is C11H21N3. The molecule has 0 bridgehead atoms. The zero-order valence-electron chi connectivity index (χ0n) is 9.24. The van der Waals surface area contributed by atoms with Crippen molar-refractivity contribution < 1.29 is 0 Å². The van der Waals surface area contributed by atoms with Crippen LogP contribution in [-0.2, 0) is 13.5 Å². The highest BCUT2D eigenvalue weighted by Crippen LogP contribution is 2.06. The zero-order chi connectivity index (χ0) is 10.4. The van der Waals surface area contributed by atoms with Gasteiger partial charge in [-0.25, -0.2) is 4.98 Å². The minimum absolute atomic E-state index is 0.386. The summed E-state index contributed by atoms with van der Waals surface area (Å²) in [4.78, 5) is 4.28. The van der Waals surface area contributed by atoms with E-state index in [1.54, 1.807) is 0 Å². The molecule has 14 heavy (non-hydrogen) atoms. The molecule has 0 saturated carbocycles. The van der Waals surface area contributed by atoms with Gasteiger partial charge in [0.1, 0.15) is 5.82 Å². The summed E-state index contributed by atoms with van der Waals surface area (Å²) < 4.78 is 2.08. The number of rotatable bonds is 6. The Hall–Kier alpha value is -0.830. The Morgan fingerprint density at radius 3 is 2.86 bits per heavy atom. The number of hydrogen-bond donors (Lipinski definition) is 1. The Morgan fingerprint density at radius 2 is 2.29 bits per heavy atom. The molecule has 0 amide bonds. The van der Waals surface area contributed by atoms with Gasteiger partial charge < -0.3 is 10.3 Å². The molecule has 0 aliphatic rings. The lowest BCUT2D eigenvalue weighted by molar-refractivity contribution is 0.544. The lowest BCUT2D eigenvalue weighted by atomic mass is 10.1. The van der Waals surface area contributed by atoms with Crippen molar-refractivity contribution in [2.75, 3.05) is 0 Å². The van der Waals surface area contributed by atoms with E-state index in [-0.39, 0.29) is 0 Å². The van der Waals surface area contributed by atoms with Gasteiger partial charge in [-0.1, -0.05) is 13.3 Å². The maximum Gasteiger partial charge on any atom is 0.108 e. The van der Waals surface area contributed by atoms with Crippen LogP contribution in [0.5, 0.6) is 0 Å². The molecule has 0 spiro atoms. The molecule has 3 heteroatoms. The molecule has 1 atom stereocenters. The molecule has 3 nitrogen and oxygen atoms in total. The number of aromatic nitrogens is 2. The van der Waals surface area contributed by atoms with Gasteiger partial charge in [0.15, 0.2) is 0 Å². The number of unbranched alkanes of at least 4 members (excludes halogenated alkanes) is 1. The summed E-state index contributed by atoms with van der Waals surface area (Å²) in [6, 6.07) is 0.386. The van der Waals surface area contributed by atoms with Crippen molar-refractivity contribution in [2.24, 2.45) is 12.8 Å². The van der Waals surface area contributed by atoms with Crippen LogP contribution in [0.3, 0.4) is 0 Å². The molecule has 0 aliphatic heterocycles. The quantitative estimate of drug-likeness (QED) is 0.704. The van der Waals surface area contributed by atoms with Crippen molar-refractivity contribution in [1.29, 1.82) is 0 Å². The van der Waals surface area contributed by atoms with Crippen LogP contribution in [-0.4, -0.2) is 15.6 Å². The Balaban J connectivity index is 2.13.